The highest BCUT2D eigenvalue weighted by Crippen LogP contribution is 2.25. The Balaban J connectivity index is 1.64. The monoisotopic (exact) mass is 379 g/mol. The minimum atomic E-state index is -3.40. The standard InChI is InChI=1S/C18H25N3O4S/c1-26(24,25)21-12-6-10-16(21)18(23)20-11-5-7-14(13-20)17(22)19-15-8-3-2-4-9-15/h2-4,8-9,14,16H,5-7,10-13H2,1H3,(H,19,22). The highest BCUT2D eigenvalue weighted by molar-refractivity contribution is 7.88. The first kappa shape index (κ1) is 18.8. The fourth-order valence-corrected chi connectivity index (χ4v) is 4.87. The van der Waals surface area contributed by atoms with Crippen molar-refractivity contribution in [2.45, 2.75) is 31.7 Å². The fraction of sp³-hybridized carbons (Fsp3) is 0.556. The molecule has 7 nitrogen and oxygen atoms in total. The molecule has 2 unspecified atom stereocenters. The van der Waals surface area contributed by atoms with Crippen molar-refractivity contribution >= 4 is 27.5 Å². The van der Waals surface area contributed by atoms with Gasteiger partial charge in [0.05, 0.1) is 12.2 Å². The third-order valence-corrected chi connectivity index (χ3v) is 6.35. The number of nitrogens with zero attached hydrogens (tertiary/aromatic N) is 2. The number of hydrogen-bond donors (Lipinski definition) is 1. The van der Waals surface area contributed by atoms with Gasteiger partial charge < -0.3 is 10.2 Å². The summed E-state index contributed by atoms with van der Waals surface area (Å²) in [4.78, 5) is 27.1. The van der Waals surface area contributed by atoms with E-state index in [1.165, 1.54) is 4.31 Å². The summed E-state index contributed by atoms with van der Waals surface area (Å²) in [6.45, 7) is 1.30. The van der Waals surface area contributed by atoms with Crippen molar-refractivity contribution in [2.24, 2.45) is 5.92 Å². The second-order valence-electron chi connectivity index (χ2n) is 7.01. The molecule has 0 bridgehead atoms. The quantitative estimate of drug-likeness (QED) is 0.854. The first-order chi connectivity index (χ1) is 12.4. The van der Waals surface area contributed by atoms with Crippen LogP contribution in [0, 0.1) is 5.92 Å². The molecule has 2 atom stereocenters. The lowest BCUT2D eigenvalue weighted by atomic mass is 9.96. The topological polar surface area (TPSA) is 86.8 Å². The van der Waals surface area contributed by atoms with E-state index in [0.29, 0.717) is 32.5 Å². The maximum absolute atomic E-state index is 12.9. The second kappa shape index (κ2) is 7.75. The Morgan fingerprint density at radius 1 is 1.08 bits per heavy atom. The van der Waals surface area contributed by atoms with E-state index in [-0.39, 0.29) is 17.7 Å². The van der Waals surface area contributed by atoms with Gasteiger partial charge in [-0.2, -0.15) is 4.31 Å². The Morgan fingerprint density at radius 2 is 1.77 bits per heavy atom. The molecular formula is C18H25N3O4S. The van der Waals surface area contributed by atoms with Crippen molar-refractivity contribution in [3.05, 3.63) is 30.3 Å². The summed E-state index contributed by atoms with van der Waals surface area (Å²) >= 11 is 0. The number of para-hydroxylation sites is 1. The van der Waals surface area contributed by atoms with Crippen molar-refractivity contribution in [3.63, 3.8) is 0 Å². The SMILES string of the molecule is CS(=O)(=O)N1CCCC1C(=O)N1CCCC(C(=O)Nc2ccccc2)C1. The van der Waals surface area contributed by atoms with Crippen molar-refractivity contribution in [1.29, 1.82) is 0 Å². The van der Waals surface area contributed by atoms with Crippen molar-refractivity contribution in [3.8, 4) is 0 Å². The van der Waals surface area contributed by atoms with Crippen molar-refractivity contribution in [1.82, 2.24) is 9.21 Å². The van der Waals surface area contributed by atoms with Crippen molar-refractivity contribution in [2.75, 3.05) is 31.2 Å². The first-order valence-electron chi connectivity index (χ1n) is 8.98. The molecule has 1 aromatic rings. The number of likely N-dealkylation sites (tertiary alicyclic amines) is 1. The molecule has 1 aromatic carbocycles. The van der Waals surface area contributed by atoms with Gasteiger partial charge in [-0.05, 0) is 37.8 Å². The van der Waals surface area contributed by atoms with Gasteiger partial charge in [-0.25, -0.2) is 8.42 Å². The van der Waals surface area contributed by atoms with E-state index in [1.54, 1.807) is 4.90 Å². The maximum atomic E-state index is 12.9. The van der Waals surface area contributed by atoms with Crippen LogP contribution in [0.25, 0.3) is 0 Å². The molecule has 3 rings (SSSR count). The third-order valence-electron chi connectivity index (χ3n) is 5.06. The summed E-state index contributed by atoms with van der Waals surface area (Å²) in [7, 11) is -3.40. The number of carbonyl (C=O) groups excluding carboxylic acids is 2. The van der Waals surface area contributed by atoms with Gasteiger partial charge in [0.15, 0.2) is 0 Å². The number of amides is 2. The summed E-state index contributed by atoms with van der Waals surface area (Å²) < 4.78 is 25.1. The summed E-state index contributed by atoms with van der Waals surface area (Å²) in [5.41, 5.74) is 0.736. The van der Waals surface area contributed by atoms with Crippen molar-refractivity contribution < 1.29 is 18.0 Å². The molecule has 0 spiro atoms. The number of anilines is 1. The molecule has 0 saturated carbocycles. The minimum absolute atomic E-state index is 0.0971. The smallest absolute Gasteiger partial charge is 0.241 e. The Morgan fingerprint density at radius 3 is 2.46 bits per heavy atom. The van der Waals surface area contributed by atoms with E-state index < -0.39 is 16.1 Å². The highest BCUT2D eigenvalue weighted by Gasteiger charge is 2.40. The molecule has 142 valence electrons. The fourth-order valence-electron chi connectivity index (χ4n) is 3.75. The lowest BCUT2D eigenvalue weighted by molar-refractivity contribution is -0.137. The predicted octanol–water partition coefficient (Wildman–Crippen LogP) is 1.29. The summed E-state index contributed by atoms with van der Waals surface area (Å²) in [6, 6.07) is 8.61. The molecular weight excluding hydrogens is 354 g/mol. The zero-order valence-electron chi connectivity index (χ0n) is 14.9. The average Bonchev–Trinajstić information content (AvgIpc) is 3.12. The Kier molecular flexibility index (Phi) is 5.62. The summed E-state index contributed by atoms with van der Waals surface area (Å²) in [5, 5.41) is 2.89. The van der Waals surface area contributed by atoms with Gasteiger partial charge >= 0.3 is 0 Å². The van der Waals surface area contributed by atoms with E-state index in [4.69, 9.17) is 0 Å². The van der Waals surface area contributed by atoms with Gasteiger partial charge in [-0.3, -0.25) is 9.59 Å². The molecule has 2 amide bonds. The van der Waals surface area contributed by atoms with Gasteiger partial charge in [-0.15, -0.1) is 0 Å². The van der Waals surface area contributed by atoms with Gasteiger partial charge in [0.25, 0.3) is 0 Å². The normalized spacial score (nSPS) is 24.4. The van der Waals surface area contributed by atoms with Crippen LogP contribution in [0.5, 0.6) is 0 Å². The minimum Gasteiger partial charge on any atom is -0.341 e. The van der Waals surface area contributed by atoms with Gasteiger partial charge in [0.1, 0.15) is 6.04 Å². The van der Waals surface area contributed by atoms with Crippen LogP contribution in [-0.4, -0.2) is 61.4 Å². The highest BCUT2D eigenvalue weighted by atomic mass is 32.2. The molecule has 2 aliphatic heterocycles. The number of benzene rings is 1. The second-order valence-corrected chi connectivity index (χ2v) is 8.95. The zero-order valence-corrected chi connectivity index (χ0v) is 15.7. The molecule has 0 aromatic heterocycles. The zero-order chi connectivity index (χ0) is 18.7. The molecule has 0 aliphatic carbocycles. The molecule has 1 N–H and O–H groups in total. The van der Waals surface area contributed by atoms with Crippen LogP contribution in [-0.2, 0) is 19.6 Å². The summed E-state index contributed by atoms with van der Waals surface area (Å²) in [6.07, 6.45) is 3.84. The Hall–Kier alpha value is -1.93. The van der Waals surface area contributed by atoms with E-state index in [2.05, 4.69) is 5.32 Å². The summed E-state index contributed by atoms with van der Waals surface area (Å²) in [5.74, 6) is -0.550. The van der Waals surface area contributed by atoms with Crippen LogP contribution in [0.4, 0.5) is 5.69 Å². The van der Waals surface area contributed by atoms with E-state index >= 15 is 0 Å². The maximum Gasteiger partial charge on any atom is 0.241 e. The number of rotatable bonds is 4. The van der Waals surface area contributed by atoms with E-state index in [9.17, 15) is 18.0 Å². The molecule has 2 fully saturated rings. The van der Waals surface area contributed by atoms with Crippen LogP contribution in [0.3, 0.4) is 0 Å². The Bertz CT molecular complexity index is 766. The average molecular weight is 379 g/mol. The number of nitrogens with one attached hydrogen (secondary N) is 1. The largest absolute Gasteiger partial charge is 0.341 e. The molecule has 2 aliphatic rings. The third kappa shape index (κ3) is 4.24. The van der Waals surface area contributed by atoms with Crippen LogP contribution >= 0.6 is 0 Å². The van der Waals surface area contributed by atoms with Crippen LogP contribution in [0.15, 0.2) is 30.3 Å². The van der Waals surface area contributed by atoms with Crippen LogP contribution in [0.2, 0.25) is 0 Å². The van der Waals surface area contributed by atoms with Gasteiger partial charge in [0.2, 0.25) is 21.8 Å². The number of carbonyl (C=O) groups is 2. The molecule has 8 heteroatoms. The number of hydrogen-bond acceptors (Lipinski definition) is 4. The molecule has 26 heavy (non-hydrogen) atoms. The van der Waals surface area contributed by atoms with Crippen LogP contribution < -0.4 is 5.32 Å². The lowest BCUT2D eigenvalue weighted by Crippen LogP contribution is -2.51. The predicted molar refractivity (Wildman–Crippen MR) is 98.9 cm³/mol. The molecule has 2 heterocycles. The van der Waals surface area contributed by atoms with Gasteiger partial charge in [0, 0.05) is 25.3 Å². The number of piperidine rings is 1. The first-order valence-corrected chi connectivity index (χ1v) is 10.8. The van der Waals surface area contributed by atoms with E-state index in [1.807, 2.05) is 30.3 Å². The number of sulfonamides is 1. The van der Waals surface area contributed by atoms with E-state index in [0.717, 1.165) is 24.8 Å². The molecule has 0 radical (unpaired) electrons. The Labute approximate surface area is 154 Å². The lowest BCUT2D eigenvalue weighted by Gasteiger charge is -2.35. The molecule has 2 saturated heterocycles. The van der Waals surface area contributed by atoms with Gasteiger partial charge in [-0.1, -0.05) is 18.2 Å². The van der Waals surface area contributed by atoms with Crippen LogP contribution in [0.1, 0.15) is 25.7 Å².